The Hall–Kier alpha value is -0.830. The first-order valence-electron chi connectivity index (χ1n) is 5.59. The lowest BCUT2D eigenvalue weighted by Gasteiger charge is -2.25. The molecule has 0 spiro atoms. The molecule has 0 saturated heterocycles. The van der Waals surface area contributed by atoms with Gasteiger partial charge in [0.15, 0.2) is 0 Å². The number of nitrogens with zero attached hydrogens (tertiary/aromatic N) is 1. The smallest absolute Gasteiger partial charge is 0.0553 e. The Labute approximate surface area is 85.3 Å². The van der Waals surface area contributed by atoms with Crippen LogP contribution in [0.2, 0.25) is 0 Å². The molecule has 3 nitrogen and oxygen atoms in total. The maximum atomic E-state index is 4.12. The van der Waals surface area contributed by atoms with Crippen molar-refractivity contribution >= 4 is 0 Å². The molecule has 1 aromatic rings. The standard InChI is InChI=1S/C11H19N3/c1-3-8(2)13-10-6-4-5-9-7-12-14-11(9)10/h7-8,10,13H,3-6H2,1-2H3,(H,12,14). The number of nitrogens with one attached hydrogen (secondary N) is 2. The highest BCUT2D eigenvalue weighted by Gasteiger charge is 2.22. The molecule has 1 aliphatic rings. The summed E-state index contributed by atoms with van der Waals surface area (Å²) in [6.45, 7) is 4.46. The van der Waals surface area contributed by atoms with Gasteiger partial charge >= 0.3 is 0 Å². The third-order valence-corrected chi connectivity index (χ3v) is 3.14. The van der Waals surface area contributed by atoms with Gasteiger partial charge in [0, 0.05) is 12.1 Å². The van der Waals surface area contributed by atoms with Crippen molar-refractivity contribution in [2.24, 2.45) is 0 Å². The van der Waals surface area contributed by atoms with Crippen molar-refractivity contribution in [1.29, 1.82) is 0 Å². The van der Waals surface area contributed by atoms with Crippen molar-refractivity contribution in [2.45, 2.75) is 51.6 Å². The number of aromatic amines is 1. The van der Waals surface area contributed by atoms with E-state index in [1.54, 1.807) is 0 Å². The van der Waals surface area contributed by atoms with Gasteiger partial charge in [-0.15, -0.1) is 0 Å². The molecule has 0 radical (unpaired) electrons. The third kappa shape index (κ3) is 1.82. The summed E-state index contributed by atoms with van der Waals surface area (Å²) >= 11 is 0. The predicted octanol–water partition coefficient (Wildman–Crippen LogP) is 2.18. The van der Waals surface area contributed by atoms with E-state index in [4.69, 9.17) is 0 Å². The zero-order valence-corrected chi connectivity index (χ0v) is 9.01. The summed E-state index contributed by atoms with van der Waals surface area (Å²) in [4.78, 5) is 0. The molecule has 78 valence electrons. The average molecular weight is 193 g/mol. The molecule has 1 aliphatic carbocycles. The molecule has 0 aromatic carbocycles. The zero-order chi connectivity index (χ0) is 9.97. The van der Waals surface area contributed by atoms with Crippen LogP contribution in [0.25, 0.3) is 0 Å². The highest BCUT2D eigenvalue weighted by Crippen LogP contribution is 2.27. The predicted molar refractivity (Wildman–Crippen MR) is 57.2 cm³/mol. The van der Waals surface area contributed by atoms with Gasteiger partial charge in [0.1, 0.15) is 0 Å². The van der Waals surface area contributed by atoms with Gasteiger partial charge in [-0.25, -0.2) is 0 Å². The molecule has 1 heterocycles. The number of hydrogen-bond acceptors (Lipinski definition) is 2. The van der Waals surface area contributed by atoms with Crippen LogP contribution in [0.5, 0.6) is 0 Å². The fourth-order valence-electron chi connectivity index (χ4n) is 2.09. The molecule has 0 fully saturated rings. The van der Waals surface area contributed by atoms with Crippen LogP contribution in [0.1, 0.15) is 50.4 Å². The number of hydrogen-bond donors (Lipinski definition) is 2. The van der Waals surface area contributed by atoms with E-state index in [2.05, 4.69) is 29.4 Å². The molecular weight excluding hydrogens is 174 g/mol. The van der Waals surface area contributed by atoms with Gasteiger partial charge in [0.25, 0.3) is 0 Å². The van der Waals surface area contributed by atoms with Crippen LogP contribution >= 0.6 is 0 Å². The second kappa shape index (κ2) is 4.13. The minimum atomic E-state index is 0.496. The lowest BCUT2D eigenvalue weighted by atomic mass is 9.93. The lowest BCUT2D eigenvalue weighted by molar-refractivity contribution is 0.396. The molecular formula is C11H19N3. The van der Waals surface area contributed by atoms with Crippen LogP contribution in [0.4, 0.5) is 0 Å². The van der Waals surface area contributed by atoms with E-state index >= 15 is 0 Å². The van der Waals surface area contributed by atoms with Crippen LogP contribution in [-0.2, 0) is 6.42 Å². The molecule has 2 rings (SSSR count). The summed E-state index contributed by atoms with van der Waals surface area (Å²) in [6, 6.07) is 1.09. The van der Waals surface area contributed by atoms with E-state index in [0.717, 1.165) is 0 Å². The summed E-state index contributed by atoms with van der Waals surface area (Å²) in [7, 11) is 0. The molecule has 1 aromatic heterocycles. The largest absolute Gasteiger partial charge is 0.306 e. The van der Waals surface area contributed by atoms with E-state index in [0.29, 0.717) is 12.1 Å². The SMILES string of the molecule is CCC(C)NC1CCCc2cn[nH]c21. The van der Waals surface area contributed by atoms with E-state index in [1.807, 2.05) is 6.20 Å². The topological polar surface area (TPSA) is 40.7 Å². The molecule has 0 amide bonds. The van der Waals surface area contributed by atoms with E-state index in [1.165, 1.54) is 36.9 Å². The molecule has 3 heteroatoms. The van der Waals surface area contributed by atoms with E-state index < -0.39 is 0 Å². The molecule has 2 N–H and O–H groups in total. The molecule has 0 bridgehead atoms. The Kier molecular flexibility index (Phi) is 2.87. The van der Waals surface area contributed by atoms with Crippen LogP contribution < -0.4 is 5.32 Å². The highest BCUT2D eigenvalue weighted by molar-refractivity contribution is 5.22. The fraction of sp³-hybridized carbons (Fsp3) is 0.727. The van der Waals surface area contributed by atoms with Crippen molar-refractivity contribution in [3.8, 4) is 0 Å². The Morgan fingerprint density at radius 3 is 3.36 bits per heavy atom. The first kappa shape index (κ1) is 9.71. The monoisotopic (exact) mass is 193 g/mol. The van der Waals surface area contributed by atoms with Crippen molar-refractivity contribution < 1.29 is 0 Å². The zero-order valence-electron chi connectivity index (χ0n) is 9.01. The minimum Gasteiger partial charge on any atom is -0.306 e. The van der Waals surface area contributed by atoms with Gasteiger partial charge in [-0.1, -0.05) is 6.92 Å². The van der Waals surface area contributed by atoms with Gasteiger partial charge in [0.05, 0.1) is 11.9 Å². The van der Waals surface area contributed by atoms with Crippen LogP contribution in [0.3, 0.4) is 0 Å². The lowest BCUT2D eigenvalue weighted by Crippen LogP contribution is -2.32. The minimum absolute atomic E-state index is 0.496. The number of rotatable bonds is 3. The maximum absolute atomic E-state index is 4.12. The first-order chi connectivity index (χ1) is 6.81. The Balaban J connectivity index is 2.08. The molecule has 0 aliphatic heterocycles. The highest BCUT2D eigenvalue weighted by atomic mass is 15.1. The fourth-order valence-corrected chi connectivity index (χ4v) is 2.09. The van der Waals surface area contributed by atoms with Crippen molar-refractivity contribution in [2.75, 3.05) is 0 Å². The summed E-state index contributed by atoms with van der Waals surface area (Å²) in [5.41, 5.74) is 2.72. The molecule has 2 atom stereocenters. The van der Waals surface area contributed by atoms with Gasteiger partial charge in [-0.05, 0) is 38.2 Å². The average Bonchev–Trinajstić information content (AvgIpc) is 2.66. The number of H-pyrrole nitrogens is 1. The van der Waals surface area contributed by atoms with Gasteiger partial charge in [-0.2, -0.15) is 5.10 Å². The van der Waals surface area contributed by atoms with Gasteiger partial charge in [-0.3, -0.25) is 5.10 Å². The third-order valence-electron chi connectivity index (χ3n) is 3.14. The summed E-state index contributed by atoms with van der Waals surface area (Å²) in [5.74, 6) is 0. The van der Waals surface area contributed by atoms with E-state index in [9.17, 15) is 0 Å². The van der Waals surface area contributed by atoms with Gasteiger partial charge in [0.2, 0.25) is 0 Å². The Bertz CT molecular complexity index is 292. The Morgan fingerprint density at radius 2 is 2.57 bits per heavy atom. The van der Waals surface area contributed by atoms with Crippen LogP contribution in [-0.4, -0.2) is 16.2 Å². The number of aryl methyl sites for hydroxylation is 1. The summed E-state index contributed by atoms with van der Waals surface area (Å²) < 4.78 is 0. The first-order valence-corrected chi connectivity index (χ1v) is 5.59. The Morgan fingerprint density at radius 1 is 1.71 bits per heavy atom. The quantitative estimate of drug-likeness (QED) is 0.772. The van der Waals surface area contributed by atoms with Crippen LogP contribution in [0.15, 0.2) is 6.20 Å². The molecule has 0 saturated carbocycles. The second-order valence-electron chi connectivity index (χ2n) is 4.23. The maximum Gasteiger partial charge on any atom is 0.0553 e. The van der Waals surface area contributed by atoms with E-state index in [-0.39, 0.29) is 0 Å². The molecule has 14 heavy (non-hydrogen) atoms. The van der Waals surface area contributed by atoms with Crippen molar-refractivity contribution in [3.05, 3.63) is 17.5 Å². The molecule has 2 unspecified atom stereocenters. The summed E-state index contributed by atoms with van der Waals surface area (Å²) in [6.07, 6.45) is 6.85. The second-order valence-corrected chi connectivity index (χ2v) is 4.23. The number of aromatic nitrogens is 2. The number of fused-ring (bicyclic) bond motifs is 1. The van der Waals surface area contributed by atoms with Crippen LogP contribution in [0, 0.1) is 0 Å². The van der Waals surface area contributed by atoms with Gasteiger partial charge < -0.3 is 5.32 Å². The normalized spacial score (nSPS) is 23.1. The van der Waals surface area contributed by atoms with Crippen molar-refractivity contribution in [3.63, 3.8) is 0 Å². The van der Waals surface area contributed by atoms with Crippen molar-refractivity contribution in [1.82, 2.24) is 15.5 Å². The summed E-state index contributed by atoms with van der Waals surface area (Å²) in [5, 5.41) is 10.9.